The lowest BCUT2D eigenvalue weighted by atomic mass is 10.3. The molecule has 0 saturated heterocycles. The van der Waals surface area contributed by atoms with Gasteiger partial charge in [-0.25, -0.2) is 19.2 Å². The Morgan fingerprint density at radius 1 is 1.00 bits per heavy atom. The van der Waals surface area contributed by atoms with Crippen LogP contribution in [0.1, 0.15) is 11.6 Å². The summed E-state index contributed by atoms with van der Waals surface area (Å²) in [4.78, 5) is 25.0. The fourth-order valence-electron chi connectivity index (χ4n) is 2.91. The normalized spacial score (nSPS) is 10.5. The van der Waals surface area contributed by atoms with Crippen LogP contribution in [0.25, 0.3) is 5.82 Å². The summed E-state index contributed by atoms with van der Waals surface area (Å²) in [5.41, 5.74) is 0.912. The monoisotopic (exact) mass is 418 g/mol. The van der Waals surface area contributed by atoms with Crippen molar-refractivity contribution in [2.45, 2.75) is 13.8 Å². The first-order valence-electron chi connectivity index (χ1n) is 9.44. The van der Waals surface area contributed by atoms with Gasteiger partial charge in [-0.2, -0.15) is 4.98 Å². The zero-order valence-electron chi connectivity index (χ0n) is 16.8. The third-order valence-electron chi connectivity index (χ3n) is 4.29. The summed E-state index contributed by atoms with van der Waals surface area (Å²) in [6.07, 6.45) is 3.51. The van der Waals surface area contributed by atoms with Crippen LogP contribution in [0.5, 0.6) is 11.6 Å². The largest absolute Gasteiger partial charge is 0.439 e. The van der Waals surface area contributed by atoms with Crippen molar-refractivity contribution in [2.24, 2.45) is 0 Å². The number of carbonyl (C=O) groups excluding carboxylic acids is 1. The molecule has 2 aromatic carbocycles. The fraction of sp³-hybridized carbons (Fsp3) is 0.0909. The van der Waals surface area contributed by atoms with E-state index in [1.807, 2.05) is 17.7 Å². The zero-order chi connectivity index (χ0) is 21.8. The van der Waals surface area contributed by atoms with Crippen molar-refractivity contribution in [3.63, 3.8) is 0 Å². The molecular weight excluding hydrogens is 399 g/mol. The lowest BCUT2D eigenvalue weighted by Crippen LogP contribution is -2.19. The van der Waals surface area contributed by atoms with E-state index in [2.05, 4.69) is 25.6 Å². The van der Waals surface area contributed by atoms with Crippen LogP contribution in [-0.4, -0.2) is 25.6 Å². The number of rotatable bonds is 5. The molecule has 4 aromatic rings. The van der Waals surface area contributed by atoms with Crippen LogP contribution >= 0.6 is 0 Å². The van der Waals surface area contributed by atoms with Gasteiger partial charge in [0.15, 0.2) is 0 Å². The van der Waals surface area contributed by atoms with Crippen LogP contribution < -0.4 is 15.4 Å². The van der Waals surface area contributed by atoms with Crippen molar-refractivity contribution < 1.29 is 13.9 Å². The van der Waals surface area contributed by atoms with Gasteiger partial charge in [0.1, 0.15) is 29.0 Å². The number of imidazole rings is 1. The molecule has 0 aliphatic heterocycles. The van der Waals surface area contributed by atoms with Crippen LogP contribution in [-0.2, 0) is 0 Å². The number of hydrogen-bond acceptors (Lipinski definition) is 5. The third-order valence-corrected chi connectivity index (χ3v) is 4.29. The van der Waals surface area contributed by atoms with Gasteiger partial charge in [-0.15, -0.1) is 0 Å². The van der Waals surface area contributed by atoms with Gasteiger partial charge in [0, 0.05) is 29.8 Å². The molecule has 2 N–H and O–H groups in total. The molecule has 0 spiro atoms. The van der Waals surface area contributed by atoms with Gasteiger partial charge in [0.25, 0.3) is 0 Å². The molecule has 31 heavy (non-hydrogen) atoms. The van der Waals surface area contributed by atoms with Crippen molar-refractivity contribution in [1.82, 2.24) is 19.5 Å². The molecule has 9 heteroatoms. The van der Waals surface area contributed by atoms with E-state index >= 15 is 0 Å². The molecule has 0 unspecified atom stereocenters. The number of benzene rings is 2. The smallest absolute Gasteiger partial charge is 0.323 e. The second-order valence-corrected chi connectivity index (χ2v) is 6.67. The Morgan fingerprint density at radius 3 is 2.48 bits per heavy atom. The molecule has 0 fully saturated rings. The van der Waals surface area contributed by atoms with Crippen molar-refractivity contribution in [1.29, 1.82) is 0 Å². The number of urea groups is 1. The van der Waals surface area contributed by atoms with Crippen LogP contribution in [0, 0.1) is 19.7 Å². The molecule has 8 nitrogen and oxygen atoms in total. The number of amides is 2. The summed E-state index contributed by atoms with van der Waals surface area (Å²) < 4.78 is 20.9. The van der Waals surface area contributed by atoms with Crippen LogP contribution in [0.4, 0.5) is 20.6 Å². The summed E-state index contributed by atoms with van der Waals surface area (Å²) in [7, 11) is 0. The number of carbonyl (C=O) groups is 1. The number of anilines is 2. The molecular formula is C22H19FN6O2. The zero-order valence-corrected chi connectivity index (χ0v) is 16.8. The quantitative estimate of drug-likeness (QED) is 0.483. The molecule has 0 radical (unpaired) electrons. The maximum Gasteiger partial charge on any atom is 0.323 e. The number of hydrogen-bond donors (Lipinski definition) is 2. The Balaban J connectivity index is 1.42. The highest BCUT2D eigenvalue weighted by Crippen LogP contribution is 2.23. The maximum atomic E-state index is 13.2. The molecule has 0 atom stereocenters. The predicted molar refractivity (Wildman–Crippen MR) is 114 cm³/mol. The number of aromatic nitrogens is 4. The Morgan fingerprint density at radius 2 is 1.77 bits per heavy atom. The molecule has 0 aliphatic carbocycles. The van der Waals surface area contributed by atoms with Crippen molar-refractivity contribution in [2.75, 3.05) is 10.6 Å². The first kappa shape index (κ1) is 20.0. The van der Waals surface area contributed by atoms with Gasteiger partial charge >= 0.3 is 6.03 Å². The van der Waals surface area contributed by atoms with Gasteiger partial charge in [-0.05, 0) is 56.3 Å². The van der Waals surface area contributed by atoms with Crippen molar-refractivity contribution in [3.05, 3.63) is 84.5 Å². The Labute approximate surface area is 177 Å². The van der Waals surface area contributed by atoms with Crippen molar-refractivity contribution >= 4 is 17.4 Å². The summed E-state index contributed by atoms with van der Waals surface area (Å²) in [5, 5.41) is 5.25. The minimum atomic E-state index is -0.481. The minimum absolute atomic E-state index is 0.362. The van der Waals surface area contributed by atoms with E-state index in [1.165, 1.54) is 18.2 Å². The van der Waals surface area contributed by atoms with E-state index in [-0.39, 0.29) is 0 Å². The number of nitrogens with zero attached hydrogens (tertiary/aromatic N) is 4. The molecule has 4 rings (SSSR count). The van der Waals surface area contributed by atoms with Crippen LogP contribution in [0.15, 0.2) is 67.0 Å². The van der Waals surface area contributed by atoms with Gasteiger partial charge in [-0.1, -0.05) is 6.07 Å². The summed E-state index contributed by atoms with van der Waals surface area (Å²) >= 11 is 0. The van der Waals surface area contributed by atoms with Gasteiger partial charge < -0.3 is 15.4 Å². The Bertz CT molecular complexity index is 1220. The summed E-state index contributed by atoms with van der Waals surface area (Å²) in [6, 6.07) is 13.7. The predicted octanol–water partition coefficient (Wildman–Crippen LogP) is 4.85. The van der Waals surface area contributed by atoms with Gasteiger partial charge in [0.05, 0.1) is 0 Å². The standard InChI is InChI=1S/C22H19FN6O2/c1-14-25-20(29-11-10-24-15(29)2)13-21(26-14)31-19-8-6-17(7-9-19)27-22(30)28-18-5-3-4-16(23)12-18/h3-13H,1-2H3,(H2,27,28,30). The summed E-state index contributed by atoms with van der Waals surface area (Å²) in [6.45, 7) is 3.67. The van der Waals surface area contributed by atoms with E-state index in [0.717, 1.165) is 5.82 Å². The highest BCUT2D eigenvalue weighted by Gasteiger charge is 2.09. The van der Waals surface area contributed by atoms with Gasteiger partial charge in [0.2, 0.25) is 5.88 Å². The van der Waals surface area contributed by atoms with E-state index in [9.17, 15) is 9.18 Å². The number of halogens is 1. The topological polar surface area (TPSA) is 94.0 Å². The van der Waals surface area contributed by atoms with Gasteiger partial charge in [-0.3, -0.25) is 4.57 Å². The first-order chi connectivity index (χ1) is 15.0. The SMILES string of the molecule is Cc1nc(Oc2ccc(NC(=O)Nc3cccc(F)c3)cc2)cc(-n2ccnc2C)n1. The van der Waals surface area contributed by atoms with Crippen LogP contribution in [0.3, 0.4) is 0 Å². The lowest BCUT2D eigenvalue weighted by molar-refractivity contribution is 0.262. The lowest BCUT2D eigenvalue weighted by Gasteiger charge is -2.10. The number of aryl methyl sites for hydroxylation is 2. The second-order valence-electron chi connectivity index (χ2n) is 6.67. The number of nitrogens with one attached hydrogen (secondary N) is 2. The molecule has 0 aliphatic rings. The molecule has 156 valence electrons. The maximum absolute atomic E-state index is 13.2. The number of ether oxygens (including phenoxy) is 1. The average Bonchev–Trinajstić information content (AvgIpc) is 3.15. The molecule has 0 bridgehead atoms. The van der Waals surface area contributed by atoms with E-state index in [1.54, 1.807) is 49.5 Å². The molecule has 2 amide bonds. The molecule has 2 aromatic heterocycles. The minimum Gasteiger partial charge on any atom is -0.439 e. The van der Waals surface area contributed by atoms with E-state index in [4.69, 9.17) is 4.74 Å². The molecule has 2 heterocycles. The average molecular weight is 418 g/mol. The highest BCUT2D eigenvalue weighted by molar-refractivity contribution is 5.99. The second kappa shape index (κ2) is 8.62. The van der Waals surface area contributed by atoms with E-state index < -0.39 is 11.8 Å². The fourth-order valence-corrected chi connectivity index (χ4v) is 2.91. The Kier molecular flexibility index (Phi) is 5.57. The molecule has 0 saturated carbocycles. The van der Waals surface area contributed by atoms with E-state index in [0.29, 0.717) is 34.6 Å². The Hall–Kier alpha value is -4.27. The van der Waals surface area contributed by atoms with Crippen LogP contribution in [0.2, 0.25) is 0 Å². The third kappa shape index (κ3) is 5.02. The first-order valence-corrected chi connectivity index (χ1v) is 9.44. The van der Waals surface area contributed by atoms with Crippen molar-refractivity contribution in [3.8, 4) is 17.4 Å². The summed E-state index contributed by atoms with van der Waals surface area (Å²) in [5.74, 6) is 2.53. The highest BCUT2D eigenvalue weighted by atomic mass is 19.1.